The Bertz CT molecular complexity index is 720. The molecule has 6 heteroatoms. The fourth-order valence-electron chi connectivity index (χ4n) is 2.00. The number of rotatable bonds is 5. The molecule has 0 radical (unpaired) electrons. The zero-order chi connectivity index (χ0) is 15.7. The molecule has 0 fully saturated rings. The van der Waals surface area contributed by atoms with E-state index in [0.717, 1.165) is 12.2 Å². The molecule has 21 heavy (non-hydrogen) atoms. The summed E-state index contributed by atoms with van der Waals surface area (Å²) in [4.78, 5) is 1.53. The van der Waals surface area contributed by atoms with E-state index in [1.54, 1.807) is 23.5 Å². The fourth-order valence-corrected chi connectivity index (χ4v) is 3.51. The van der Waals surface area contributed by atoms with Gasteiger partial charge in [0.25, 0.3) is 0 Å². The van der Waals surface area contributed by atoms with Gasteiger partial charge in [-0.15, -0.1) is 11.3 Å². The van der Waals surface area contributed by atoms with Gasteiger partial charge in [-0.3, -0.25) is 0 Å². The average molecular weight is 324 g/mol. The number of nitrogens with one attached hydrogen (secondary N) is 1. The number of nitrogen functional groups attached to an aromatic ring is 1. The summed E-state index contributed by atoms with van der Waals surface area (Å²) in [6, 6.07) is 8.94. The van der Waals surface area contributed by atoms with Gasteiger partial charge in [0, 0.05) is 23.1 Å². The molecular formula is C15H20N2O2S2. The molecule has 0 aliphatic carbocycles. The molecule has 0 amide bonds. The van der Waals surface area contributed by atoms with Gasteiger partial charge in [-0.2, -0.15) is 0 Å². The van der Waals surface area contributed by atoms with Crippen molar-refractivity contribution in [3.63, 3.8) is 0 Å². The van der Waals surface area contributed by atoms with E-state index in [4.69, 9.17) is 5.73 Å². The Labute approximate surface area is 129 Å². The number of sulfone groups is 1. The van der Waals surface area contributed by atoms with Gasteiger partial charge in [-0.25, -0.2) is 8.42 Å². The van der Waals surface area contributed by atoms with Crippen LogP contribution in [-0.2, 0) is 15.3 Å². The zero-order valence-corrected chi connectivity index (χ0v) is 14.0. The van der Waals surface area contributed by atoms with Crippen molar-refractivity contribution in [1.82, 2.24) is 0 Å². The van der Waals surface area contributed by atoms with E-state index < -0.39 is 9.84 Å². The highest BCUT2D eigenvalue weighted by atomic mass is 32.2. The first-order valence-electron chi connectivity index (χ1n) is 6.57. The Balaban J connectivity index is 2.14. The molecular weight excluding hydrogens is 304 g/mol. The van der Waals surface area contributed by atoms with Gasteiger partial charge in [0.1, 0.15) is 0 Å². The van der Waals surface area contributed by atoms with Gasteiger partial charge in [-0.1, -0.05) is 19.9 Å². The van der Waals surface area contributed by atoms with E-state index >= 15 is 0 Å². The van der Waals surface area contributed by atoms with Crippen LogP contribution in [0.5, 0.6) is 0 Å². The molecule has 2 rings (SSSR count). The number of nitrogens with two attached hydrogens (primary N) is 1. The first-order chi connectivity index (χ1) is 9.70. The first kappa shape index (κ1) is 15.9. The standard InChI is InChI=1S/C15H20N2O2S2/c1-15(2,14-5-4-8-20-14)10-17-13-7-6-11(9-12(13)16)21(3,18)19/h4-9,17H,10,16H2,1-3H3. The minimum atomic E-state index is -3.23. The normalized spacial score (nSPS) is 12.3. The number of thiophene rings is 1. The molecule has 4 nitrogen and oxygen atoms in total. The molecule has 0 saturated carbocycles. The highest BCUT2D eigenvalue weighted by Gasteiger charge is 2.21. The van der Waals surface area contributed by atoms with Crippen molar-refractivity contribution in [3.8, 4) is 0 Å². The monoisotopic (exact) mass is 324 g/mol. The lowest BCUT2D eigenvalue weighted by Crippen LogP contribution is -2.26. The molecule has 0 unspecified atom stereocenters. The topological polar surface area (TPSA) is 72.2 Å². The smallest absolute Gasteiger partial charge is 0.175 e. The molecule has 0 aliphatic rings. The maximum absolute atomic E-state index is 11.5. The fraction of sp³-hybridized carbons (Fsp3) is 0.333. The average Bonchev–Trinajstić information content (AvgIpc) is 2.90. The molecule has 0 aliphatic heterocycles. The van der Waals surface area contributed by atoms with Gasteiger partial charge >= 0.3 is 0 Å². The molecule has 1 aromatic heterocycles. The summed E-state index contributed by atoms with van der Waals surface area (Å²) in [6.07, 6.45) is 1.18. The number of hydrogen-bond donors (Lipinski definition) is 2. The van der Waals surface area contributed by atoms with E-state index in [0.29, 0.717) is 5.69 Å². The van der Waals surface area contributed by atoms with Crippen LogP contribution >= 0.6 is 11.3 Å². The van der Waals surface area contributed by atoms with Crippen LogP contribution in [0, 0.1) is 0 Å². The maximum atomic E-state index is 11.5. The third-order valence-corrected chi connectivity index (χ3v) is 5.71. The maximum Gasteiger partial charge on any atom is 0.175 e. The molecule has 0 atom stereocenters. The summed E-state index contributed by atoms with van der Waals surface area (Å²) in [5.74, 6) is 0. The van der Waals surface area contributed by atoms with Crippen LogP contribution in [0.1, 0.15) is 18.7 Å². The molecule has 0 bridgehead atoms. The second kappa shape index (κ2) is 5.69. The van der Waals surface area contributed by atoms with Crippen molar-refractivity contribution in [2.24, 2.45) is 0 Å². The summed E-state index contributed by atoms with van der Waals surface area (Å²) in [7, 11) is -3.23. The lowest BCUT2D eigenvalue weighted by atomic mass is 9.91. The lowest BCUT2D eigenvalue weighted by Gasteiger charge is -2.25. The SMILES string of the molecule is CC(C)(CNc1ccc(S(C)(=O)=O)cc1N)c1cccs1. The molecule has 1 aromatic carbocycles. The molecule has 1 heterocycles. The molecule has 114 valence electrons. The Kier molecular flexibility index (Phi) is 4.30. The van der Waals surface area contributed by atoms with Crippen LogP contribution < -0.4 is 11.1 Å². The third kappa shape index (κ3) is 3.77. The number of anilines is 2. The van der Waals surface area contributed by atoms with Crippen LogP contribution in [0.2, 0.25) is 0 Å². The summed E-state index contributed by atoms with van der Waals surface area (Å²) in [6.45, 7) is 5.04. The largest absolute Gasteiger partial charge is 0.397 e. The summed E-state index contributed by atoms with van der Waals surface area (Å²) in [5.41, 5.74) is 7.12. The van der Waals surface area contributed by atoms with Crippen molar-refractivity contribution in [3.05, 3.63) is 40.6 Å². The number of hydrogen-bond acceptors (Lipinski definition) is 5. The van der Waals surface area contributed by atoms with E-state index in [2.05, 4.69) is 30.6 Å². The quantitative estimate of drug-likeness (QED) is 0.829. The minimum absolute atomic E-state index is 0.0177. The summed E-state index contributed by atoms with van der Waals surface area (Å²) >= 11 is 1.72. The lowest BCUT2D eigenvalue weighted by molar-refractivity contribution is 0.569. The Hall–Kier alpha value is -1.53. The number of benzene rings is 1. The predicted octanol–water partition coefficient (Wildman–Crippen LogP) is 3.12. The van der Waals surface area contributed by atoms with Crippen LogP contribution in [0.3, 0.4) is 0 Å². The van der Waals surface area contributed by atoms with Crippen molar-refractivity contribution in [2.45, 2.75) is 24.2 Å². The van der Waals surface area contributed by atoms with E-state index in [1.807, 2.05) is 6.07 Å². The predicted molar refractivity (Wildman–Crippen MR) is 89.8 cm³/mol. The van der Waals surface area contributed by atoms with E-state index in [-0.39, 0.29) is 10.3 Å². The Morgan fingerprint density at radius 2 is 2.00 bits per heavy atom. The highest BCUT2D eigenvalue weighted by molar-refractivity contribution is 7.90. The highest BCUT2D eigenvalue weighted by Crippen LogP contribution is 2.29. The van der Waals surface area contributed by atoms with Gasteiger partial charge < -0.3 is 11.1 Å². The van der Waals surface area contributed by atoms with Gasteiger partial charge in [0.05, 0.1) is 16.3 Å². The summed E-state index contributed by atoms with van der Waals surface area (Å²) < 4.78 is 23.0. The van der Waals surface area contributed by atoms with Crippen LogP contribution in [0.15, 0.2) is 40.6 Å². The molecule has 0 spiro atoms. The molecule has 2 aromatic rings. The van der Waals surface area contributed by atoms with E-state index in [9.17, 15) is 8.42 Å². The molecule has 0 saturated heterocycles. The summed E-state index contributed by atoms with van der Waals surface area (Å²) in [5, 5.41) is 5.37. The zero-order valence-electron chi connectivity index (χ0n) is 12.4. The Morgan fingerprint density at radius 1 is 1.29 bits per heavy atom. The van der Waals surface area contributed by atoms with Gasteiger partial charge in [-0.05, 0) is 29.6 Å². The van der Waals surface area contributed by atoms with Crippen LogP contribution in [0.4, 0.5) is 11.4 Å². The van der Waals surface area contributed by atoms with Gasteiger partial charge in [0.15, 0.2) is 9.84 Å². The van der Waals surface area contributed by atoms with Crippen LogP contribution in [0.25, 0.3) is 0 Å². The minimum Gasteiger partial charge on any atom is -0.397 e. The molecule has 3 N–H and O–H groups in total. The van der Waals surface area contributed by atoms with Crippen molar-refractivity contribution < 1.29 is 8.42 Å². The van der Waals surface area contributed by atoms with E-state index in [1.165, 1.54) is 17.2 Å². The van der Waals surface area contributed by atoms with Crippen molar-refractivity contribution in [1.29, 1.82) is 0 Å². The second-order valence-corrected chi connectivity index (χ2v) is 8.70. The van der Waals surface area contributed by atoms with Gasteiger partial charge in [0.2, 0.25) is 0 Å². The van der Waals surface area contributed by atoms with Crippen molar-refractivity contribution >= 4 is 32.5 Å². The van der Waals surface area contributed by atoms with Crippen LogP contribution in [-0.4, -0.2) is 21.2 Å². The van der Waals surface area contributed by atoms with Crippen molar-refractivity contribution in [2.75, 3.05) is 23.9 Å². The Morgan fingerprint density at radius 3 is 2.52 bits per heavy atom. The second-order valence-electron chi connectivity index (χ2n) is 5.74. The third-order valence-electron chi connectivity index (χ3n) is 3.36. The first-order valence-corrected chi connectivity index (χ1v) is 9.35.